The lowest BCUT2D eigenvalue weighted by Gasteiger charge is -1.90. The maximum Gasteiger partial charge on any atom is 0.0432 e. The molecule has 2 rings (SSSR count). The van der Waals surface area contributed by atoms with Crippen LogP contribution in [0.4, 0.5) is 0 Å². The first-order chi connectivity index (χ1) is 7.34. The molecule has 0 aliphatic heterocycles. The second-order valence-electron chi connectivity index (χ2n) is 3.00. The third kappa shape index (κ3) is 2.83. The van der Waals surface area contributed by atoms with Crippen molar-refractivity contribution in [3.05, 3.63) is 64.9 Å². The smallest absolute Gasteiger partial charge is 0.0432 e. The molecule has 0 saturated carbocycles. The van der Waals surface area contributed by atoms with Crippen LogP contribution in [0.1, 0.15) is 11.1 Å². The van der Waals surface area contributed by atoms with Crippen molar-refractivity contribution in [2.75, 3.05) is 0 Å². The van der Waals surface area contributed by atoms with Crippen molar-refractivity contribution < 1.29 is 0 Å². The summed E-state index contributed by atoms with van der Waals surface area (Å²) in [5.41, 5.74) is 1.86. The maximum atomic E-state index is 5.77. The molecule has 1 aromatic heterocycles. The van der Waals surface area contributed by atoms with Gasteiger partial charge in [-0.1, -0.05) is 23.4 Å². The summed E-state index contributed by atoms with van der Waals surface area (Å²) in [7, 11) is 0. The summed E-state index contributed by atoms with van der Waals surface area (Å²) in [5.74, 6) is 6.06. The van der Waals surface area contributed by atoms with Crippen LogP contribution in [0.25, 0.3) is 0 Å². The summed E-state index contributed by atoms with van der Waals surface area (Å²) < 4.78 is 0. The summed E-state index contributed by atoms with van der Waals surface area (Å²) in [5, 5.41) is 0.724. The fourth-order valence-corrected chi connectivity index (χ4v) is 1.24. The molecule has 0 saturated heterocycles. The number of hydrogen-bond donors (Lipinski definition) is 0. The average molecular weight is 214 g/mol. The quantitative estimate of drug-likeness (QED) is 0.613. The molecule has 1 nitrogen and oxygen atoms in total. The Balaban J connectivity index is 2.22. The Morgan fingerprint density at radius 3 is 2.33 bits per heavy atom. The van der Waals surface area contributed by atoms with Crippen molar-refractivity contribution in [1.82, 2.24) is 4.98 Å². The van der Waals surface area contributed by atoms with Crippen LogP contribution in [0, 0.1) is 11.8 Å². The summed E-state index contributed by atoms with van der Waals surface area (Å²) in [6.45, 7) is 0. The maximum absolute atomic E-state index is 5.77. The largest absolute Gasteiger partial charge is 0.263 e. The van der Waals surface area contributed by atoms with Gasteiger partial charge in [-0.2, -0.15) is 0 Å². The Morgan fingerprint density at radius 1 is 0.933 bits per heavy atom. The van der Waals surface area contributed by atoms with E-state index in [1.807, 2.05) is 36.4 Å². The Hall–Kier alpha value is -1.78. The van der Waals surface area contributed by atoms with E-state index in [0.717, 1.165) is 16.1 Å². The highest BCUT2D eigenvalue weighted by atomic mass is 35.5. The van der Waals surface area contributed by atoms with E-state index in [1.54, 1.807) is 12.4 Å². The second-order valence-corrected chi connectivity index (χ2v) is 3.44. The molecule has 0 N–H and O–H groups in total. The summed E-state index contributed by atoms with van der Waals surface area (Å²) in [4.78, 5) is 3.99. The first kappa shape index (κ1) is 9.76. The number of halogens is 1. The fraction of sp³-hybridized carbons (Fsp3) is 0. The molecule has 0 unspecified atom stereocenters. The van der Waals surface area contributed by atoms with E-state index < -0.39 is 0 Å². The van der Waals surface area contributed by atoms with Gasteiger partial charge in [0.05, 0.1) is 0 Å². The van der Waals surface area contributed by atoms with Crippen LogP contribution in [-0.2, 0) is 0 Å². The molecular formula is C13H8ClN. The Labute approximate surface area is 93.7 Å². The van der Waals surface area contributed by atoms with Crippen LogP contribution in [0.5, 0.6) is 0 Å². The monoisotopic (exact) mass is 213 g/mol. The molecule has 2 aromatic rings. The van der Waals surface area contributed by atoms with Crippen LogP contribution in [-0.4, -0.2) is 4.98 Å². The normalized spacial score (nSPS) is 9.13. The molecule has 72 valence electrons. The second kappa shape index (κ2) is 4.63. The van der Waals surface area contributed by atoms with Gasteiger partial charge in [-0.3, -0.25) is 4.98 Å². The van der Waals surface area contributed by atoms with E-state index in [4.69, 9.17) is 11.6 Å². The topological polar surface area (TPSA) is 12.9 Å². The highest BCUT2D eigenvalue weighted by molar-refractivity contribution is 6.30. The van der Waals surface area contributed by atoms with Gasteiger partial charge in [0.2, 0.25) is 0 Å². The lowest BCUT2D eigenvalue weighted by atomic mass is 10.2. The third-order valence-corrected chi connectivity index (χ3v) is 2.11. The van der Waals surface area contributed by atoms with E-state index in [0.29, 0.717) is 0 Å². The van der Waals surface area contributed by atoms with Gasteiger partial charge in [-0.05, 0) is 36.4 Å². The van der Waals surface area contributed by atoms with Gasteiger partial charge in [0.15, 0.2) is 0 Å². The number of hydrogen-bond acceptors (Lipinski definition) is 1. The lowest BCUT2D eigenvalue weighted by Crippen LogP contribution is -1.76. The molecule has 0 fully saturated rings. The SMILES string of the molecule is Clc1ccc(C#Cc2cccnc2)cc1. The van der Waals surface area contributed by atoms with Gasteiger partial charge in [-0.25, -0.2) is 0 Å². The first-order valence-corrected chi connectivity index (χ1v) is 4.90. The molecule has 0 bridgehead atoms. The summed E-state index contributed by atoms with van der Waals surface area (Å²) in [6.07, 6.45) is 3.47. The van der Waals surface area contributed by atoms with E-state index >= 15 is 0 Å². The van der Waals surface area contributed by atoms with Crippen LogP contribution in [0.3, 0.4) is 0 Å². The zero-order valence-corrected chi connectivity index (χ0v) is 8.70. The van der Waals surface area contributed by atoms with Gasteiger partial charge in [0, 0.05) is 28.5 Å². The number of benzene rings is 1. The summed E-state index contributed by atoms with van der Waals surface area (Å²) in [6, 6.07) is 11.2. The minimum absolute atomic E-state index is 0.724. The lowest BCUT2D eigenvalue weighted by molar-refractivity contribution is 1.31. The molecule has 0 spiro atoms. The Kier molecular flexibility index (Phi) is 3.02. The minimum atomic E-state index is 0.724. The first-order valence-electron chi connectivity index (χ1n) is 4.52. The van der Waals surface area contributed by atoms with Gasteiger partial charge in [0.1, 0.15) is 0 Å². The van der Waals surface area contributed by atoms with E-state index in [2.05, 4.69) is 16.8 Å². The standard InChI is InChI=1S/C13H8ClN/c14-13-7-5-11(6-8-13)3-4-12-2-1-9-15-10-12/h1-2,5-10H. The van der Waals surface area contributed by atoms with Crippen molar-refractivity contribution in [2.24, 2.45) is 0 Å². The predicted molar refractivity (Wildman–Crippen MR) is 61.7 cm³/mol. The number of rotatable bonds is 0. The Bertz CT molecular complexity index is 492. The van der Waals surface area contributed by atoms with E-state index in [9.17, 15) is 0 Å². The highest BCUT2D eigenvalue weighted by Gasteiger charge is 1.87. The molecule has 1 aromatic carbocycles. The fourth-order valence-electron chi connectivity index (χ4n) is 1.11. The van der Waals surface area contributed by atoms with Crippen molar-refractivity contribution >= 4 is 11.6 Å². The van der Waals surface area contributed by atoms with E-state index in [1.165, 1.54) is 0 Å². The number of aromatic nitrogens is 1. The van der Waals surface area contributed by atoms with Gasteiger partial charge in [-0.15, -0.1) is 0 Å². The Morgan fingerprint density at radius 2 is 1.67 bits per heavy atom. The molecule has 0 aliphatic rings. The van der Waals surface area contributed by atoms with Crippen LogP contribution < -0.4 is 0 Å². The third-order valence-electron chi connectivity index (χ3n) is 1.86. The van der Waals surface area contributed by atoms with Crippen molar-refractivity contribution in [3.63, 3.8) is 0 Å². The number of pyridine rings is 1. The summed E-state index contributed by atoms with van der Waals surface area (Å²) >= 11 is 5.77. The number of nitrogens with zero attached hydrogens (tertiary/aromatic N) is 1. The van der Waals surface area contributed by atoms with Gasteiger partial charge in [0.25, 0.3) is 0 Å². The molecule has 0 amide bonds. The molecular weight excluding hydrogens is 206 g/mol. The van der Waals surface area contributed by atoms with Crippen molar-refractivity contribution in [2.45, 2.75) is 0 Å². The van der Waals surface area contributed by atoms with Crippen LogP contribution in [0.15, 0.2) is 48.8 Å². The minimum Gasteiger partial charge on any atom is -0.263 e. The van der Waals surface area contributed by atoms with Crippen LogP contribution in [0.2, 0.25) is 5.02 Å². The van der Waals surface area contributed by atoms with Crippen LogP contribution >= 0.6 is 11.6 Å². The van der Waals surface area contributed by atoms with Gasteiger partial charge >= 0.3 is 0 Å². The average Bonchev–Trinajstić information content (AvgIpc) is 2.30. The van der Waals surface area contributed by atoms with Gasteiger partial charge < -0.3 is 0 Å². The van der Waals surface area contributed by atoms with E-state index in [-0.39, 0.29) is 0 Å². The molecule has 2 heteroatoms. The van der Waals surface area contributed by atoms with Crippen molar-refractivity contribution in [3.8, 4) is 11.8 Å². The zero-order valence-electron chi connectivity index (χ0n) is 7.94. The highest BCUT2D eigenvalue weighted by Crippen LogP contribution is 2.08. The molecule has 0 aliphatic carbocycles. The predicted octanol–water partition coefficient (Wildman–Crippen LogP) is 3.13. The molecule has 1 heterocycles. The molecule has 0 radical (unpaired) electrons. The molecule has 15 heavy (non-hydrogen) atoms. The molecule has 0 atom stereocenters. The zero-order chi connectivity index (χ0) is 10.5. The van der Waals surface area contributed by atoms with Crippen molar-refractivity contribution in [1.29, 1.82) is 0 Å².